The molecule has 1 aromatic heterocycles. The molecule has 0 aliphatic carbocycles. The van der Waals surface area contributed by atoms with Gasteiger partial charge in [0.25, 0.3) is 0 Å². The van der Waals surface area contributed by atoms with E-state index in [0.29, 0.717) is 35.6 Å². The van der Waals surface area contributed by atoms with E-state index in [1.165, 1.54) is 11.8 Å². The van der Waals surface area contributed by atoms with Gasteiger partial charge in [-0.15, -0.1) is 11.8 Å². The third-order valence-electron chi connectivity index (χ3n) is 4.65. The molecule has 0 saturated carbocycles. The van der Waals surface area contributed by atoms with Gasteiger partial charge in [0.2, 0.25) is 0 Å². The molecular weight excluding hydrogens is 440 g/mol. The molecule has 0 bridgehead atoms. The molecule has 2 aromatic rings. The zero-order valence-corrected chi connectivity index (χ0v) is 18.9. The van der Waals surface area contributed by atoms with E-state index in [9.17, 15) is 4.79 Å². The van der Waals surface area contributed by atoms with Gasteiger partial charge in [-0.1, -0.05) is 11.6 Å². The van der Waals surface area contributed by atoms with Crippen LogP contribution in [-0.2, 0) is 4.74 Å². The van der Waals surface area contributed by atoms with Crippen LogP contribution in [0.2, 0.25) is 5.15 Å². The number of benzene rings is 1. The number of amides is 2. The van der Waals surface area contributed by atoms with Crippen molar-refractivity contribution < 1.29 is 14.6 Å². The number of rotatable bonds is 9. The second-order valence-corrected chi connectivity index (χ2v) is 7.96. The van der Waals surface area contributed by atoms with E-state index < -0.39 is 0 Å². The van der Waals surface area contributed by atoms with E-state index in [1.54, 1.807) is 12.1 Å². The van der Waals surface area contributed by atoms with Gasteiger partial charge in [0.1, 0.15) is 11.0 Å². The summed E-state index contributed by atoms with van der Waals surface area (Å²) >= 11 is 7.75. The Kier molecular flexibility index (Phi) is 9.16. The van der Waals surface area contributed by atoms with Crippen molar-refractivity contribution in [1.82, 2.24) is 20.2 Å². The van der Waals surface area contributed by atoms with Gasteiger partial charge < -0.3 is 25.8 Å². The zero-order chi connectivity index (χ0) is 22.1. The lowest BCUT2D eigenvalue weighted by Gasteiger charge is -2.26. The number of nitrogens with zero attached hydrogens (tertiary/aromatic N) is 3. The molecule has 0 atom stereocenters. The number of ether oxygens (including phenoxy) is 1. The first-order valence-electron chi connectivity index (χ1n) is 10.0. The summed E-state index contributed by atoms with van der Waals surface area (Å²) in [5.74, 6) is 1.04. The molecule has 1 aliphatic heterocycles. The van der Waals surface area contributed by atoms with Crippen molar-refractivity contribution in [2.24, 2.45) is 0 Å². The van der Waals surface area contributed by atoms with E-state index in [4.69, 9.17) is 21.4 Å². The molecule has 11 heteroatoms. The van der Waals surface area contributed by atoms with Gasteiger partial charge in [0, 0.05) is 44.0 Å². The van der Waals surface area contributed by atoms with Crippen LogP contribution < -0.4 is 16.0 Å². The van der Waals surface area contributed by atoms with Crippen LogP contribution in [0, 0.1) is 0 Å². The summed E-state index contributed by atoms with van der Waals surface area (Å²) in [5, 5.41) is 18.2. The van der Waals surface area contributed by atoms with Crippen molar-refractivity contribution >= 4 is 40.9 Å². The van der Waals surface area contributed by atoms with Crippen molar-refractivity contribution in [3.05, 3.63) is 29.4 Å². The number of aliphatic hydroxyl groups excluding tert-OH is 1. The molecule has 1 aliphatic rings. The van der Waals surface area contributed by atoms with Gasteiger partial charge >= 0.3 is 6.03 Å². The zero-order valence-electron chi connectivity index (χ0n) is 17.4. The summed E-state index contributed by atoms with van der Waals surface area (Å²) < 4.78 is 5.32. The number of anilines is 2. The lowest BCUT2D eigenvalue weighted by molar-refractivity contribution is 0.0388. The van der Waals surface area contributed by atoms with Crippen molar-refractivity contribution in [2.75, 3.05) is 69.4 Å². The van der Waals surface area contributed by atoms with Gasteiger partial charge in [0.05, 0.1) is 24.7 Å². The first-order valence-corrected chi connectivity index (χ1v) is 11.6. The number of carbonyl (C=O) groups is 1. The van der Waals surface area contributed by atoms with E-state index in [2.05, 4.69) is 30.8 Å². The number of hydrogen-bond donors (Lipinski definition) is 4. The fourth-order valence-electron chi connectivity index (χ4n) is 3.06. The fourth-order valence-corrected chi connectivity index (χ4v) is 3.98. The number of thioether (sulfide) groups is 1. The van der Waals surface area contributed by atoms with E-state index in [1.807, 2.05) is 18.4 Å². The number of carbonyl (C=O) groups excluding carboxylic acids is 1. The molecule has 0 radical (unpaired) electrons. The molecule has 1 aromatic carbocycles. The molecule has 2 amide bonds. The Bertz CT molecular complexity index is 865. The third kappa shape index (κ3) is 6.94. The Morgan fingerprint density at radius 1 is 1.23 bits per heavy atom. The smallest absolute Gasteiger partial charge is 0.319 e. The van der Waals surface area contributed by atoms with Crippen LogP contribution in [-0.4, -0.2) is 84.8 Å². The van der Waals surface area contributed by atoms with Crippen LogP contribution >= 0.6 is 23.4 Å². The summed E-state index contributed by atoms with van der Waals surface area (Å²) in [5.41, 5.74) is 1.43. The lowest BCUT2D eigenvalue weighted by atomic mass is 10.2. The van der Waals surface area contributed by atoms with E-state index >= 15 is 0 Å². The van der Waals surface area contributed by atoms with E-state index in [-0.39, 0.29) is 12.6 Å². The van der Waals surface area contributed by atoms with Crippen molar-refractivity contribution in [3.8, 4) is 11.4 Å². The summed E-state index contributed by atoms with van der Waals surface area (Å²) in [7, 11) is 0. The average Bonchev–Trinajstić information content (AvgIpc) is 2.78. The molecule has 0 spiro atoms. The molecule has 9 nitrogen and oxygen atoms in total. The summed E-state index contributed by atoms with van der Waals surface area (Å²) in [6, 6.07) is 6.97. The minimum absolute atomic E-state index is 0.0142. The largest absolute Gasteiger partial charge is 0.395 e. The predicted molar refractivity (Wildman–Crippen MR) is 124 cm³/mol. The van der Waals surface area contributed by atoms with Crippen molar-refractivity contribution in [3.63, 3.8) is 0 Å². The van der Waals surface area contributed by atoms with Crippen LogP contribution in [0.15, 0.2) is 29.2 Å². The Balaban J connectivity index is 1.58. The third-order valence-corrected chi connectivity index (χ3v) is 5.83. The molecule has 31 heavy (non-hydrogen) atoms. The molecule has 0 unspecified atom stereocenters. The number of urea groups is 1. The minimum atomic E-state index is -0.250. The molecule has 3 rings (SSSR count). The first kappa shape index (κ1) is 23.6. The van der Waals surface area contributed by atoms with E-state index in [0.717, 1.165) is 43.3 Å². The highest BCUT2D eigenvalue weighted by Crippen LogP contribution is 2.32. The van der Waals surface area contributed by atoms with Crippen LogP contribution in [0.1, 0.15) is 0 Å². The Morgan fingerprint density at radius 2 is 1.97 bits per heavy atom. The highest BCUT2D eigenvalue weighted by atomic mass is 35.5. The maximum atomic E-state index is 12.1. The number of aliphatic hydroxyl groups is 1. The van der Waals surface area contributed by atoms with Crippen LogP contribution in [0.5, 0.6) is 0 Å². The molecule has 1 fully saturated rings. The van der Waals surface area contributed by atoms with Gasteiger partial charge in [0.15, 0.2) is 5.82 Å². The standard InChI is InChI=1S/C20H27ClN6O3S/c1-31-16-17(21)25-18(26-19(16)22-7-11-28)14-2-4-15(5-3-14)24-20(29)23-6-8-27-9-12-30-13-10-27/h2-5,28H,6-13H2,1H3,(H,22,25,26)(H2,23,24,29). The number of hydrogen-bond acceptors (Lipinski definition) is 8. The maximum Gasteiger partial charge on any atom is 0.319 e. The maximum absolute atomic E-state index is 12.1. The Labute approximate surface area is 190 Å². The van der Waals surface area contributed by atoms with Crippen molar-refractivity contribution in [2.45, 2.75) is 4.90 Å². The highest BCUT2D eigenvalue weighted by molar-refractivity contribution is 7.98. The van der Waals surface area contributed by atoms with Crippen molar-refractivity contribution in [1.29, 1.82) is 0 Å². The van der Waals surface area contributed by atoms with Gasteiger partial charge in [-0.05, 0) is 30.5 Å². The molecule has 168 valence electrons. The Hall–Kier alpha value is -2.11. The monoisotopic (exact) mass is 466 g/mol. The SMILES string of the molecule is CSc1c(Cl)nc(-c2ccc(NC(=O)NCCN3CCOCC3)cc2)nc1NCCO. The number of aromatic nitrogens is 2. The fraction of sp³-hybridized carbons (Fsp3) is 0.450. The molecule has 2 heterocycles. The molecular formula is C20H27ClN6O3S. The highest BCUT2D eigenvalue weighted by Gasteiger charge is 2.14. The quantitative estimate of drug-likeness (QED) is 0.329. The topological polar surface area (TPSA) is 112 Å². The molecule has 1 saturated heterocycles. The second-order valence-electron chi connectivity index (χ2n) is 6.78. The summed E-state index contributed by atoms with van der Waals surface area (Å²) in [6.07, 6.45) is 1.89. The Morgan fingerprint density at radius 3 is 2.65 bits per heavy atom. The normalized spacial score (nSPS) is 14.3. The second kappa shape index (κ2) is 12.1. The summed E-state index contributed by atoms with van der Waals surface area (Å²) in [6.45, 7) is 4.99. The molecule has 4 N–H and O–H groups in total. The number of halogens is 1. The minimum Gasteiger partial charge on any atom is -0.395 e. The number of nitrogens with one attached hydrogen (secondary N) is 3. The number of morpholine rings is 1. The summed E-state index contributed by atoms with van der Waals surface area (Å²) in [4.78, 5) is 24.0. The van der Waals surface area contributed by atoms with Gasteiger partial charge in [-0.3, -0.25) is 4.90 Å². The first-order chi connectivity index (χ1) is 15.1. The average molecular weight is 467 g/mol. The lowest BCUT2D eigenvalue weighted by Crippen LogP contribution is -2.42. The van der Waals surface area contributed by atoms with Crippen LogP contribution in [0.4, 0.5) is 16.3 Å². The van der Waals surface area contributed by atoms with Crippen LogP contribution in [0.3, 0.4) is 0 Å². The van der Waals surface area contributed by atoms with Gasteiger partial charge in [-0.2, -0.15) is 0 Å². The van der Waals surface area contributed by atoms with Gasteiger partial charge in [-0.25, -0.2) is 14.8 Å². The predicted octanol–water partition coefficient (Wildman–Crippen LogP) is 2.38. The van der Waals surface area contributed by atoms with Crippen LogP contribution in [0.25, 0.3) is 11.4 Å².